The van der Waals surface area contributed by atoms with Crippen LogP contribution in [0.25, 0.3) is 0 Å². The van der Waals surface area contributed by atoms with Crippen molar-refractivity contribution in [1.29, 1.82) is 0 Å². The van der Waals surface area contributed by atoms with Crippen LogP contribution in [0.15, 0.2) is 48.5 Å². The summed E-state index contributed by atoms with van der Waals surface area (Å²) in [5, 5.41) is 11.2. The predicted molar refractivity (Wildman–Crippen MR) is 118 cm³/mol. The molecule has 2 aromatic rings. The molecule has 6 heteroatoms. The lowest BCUT2D eigenvalue weighted by Crippen LogP contribution is -2.52. The molecule has 0 amide bonds. The monoisotopic (exact) mass is 430 g/mol. The van der Waals surface area contributed by atoms with E-state index in [1.165, 1.54) is 0 Å². The molecule has 170 valence electrons. The zero-order valence-electron chi connectivity index (χ0n) is 19.1. The molecule has 0 bridgehead atoms. The van der Waals surface area contributed by atoms with E-state index in [2.05, 4.69) is 0 Å². The van der Waals surface area contributed by atoms with Crippen molar-refractivity contribution in [2.24, 2.45) is 0 Å². The molecule has 1 aliphatic rings. The average molecular weight is 431 g/mol. The highest BCUT2D eigenvalue weighted by atomic mass is 16.6. The van der Waals surface area contributed by atoms with Gasteiger partial charge in [0.2, 0.25) is 0 Å². The quantitative estimate of drug-likeness (QED) is 0.612. The minimum absolute atomic E-state index is 0.305. The fourth-order valence-electron chi connectivity index (χ4n) is 4.24. The van der Waals surface area contributed by atoms with Gasteiger partial charge >= 0.3 is 0 Å². The van der Waals surface area contributed by atoms with E-state index in [1.807, 2.05) is 62.4 Å². The highest BCUT2D eigenvalue weighted by Crippen LogP contribution is 2.42. The Morgan fingerprint density at radius 3 is 1.87 bits per heavy atom. The van der Waals surface area contributed by atoms with Gasteiger partial charge < -0.3 is 28.8 Å². The number of aliphatic hydroxyl groups is 1. The van der Waals surface area contributed by atoms with Crippen LogP contribution in [0, 0.1) is 0 Å². The molecule has 1 heterocycles. The third-order valence-electron chi connectivity index (χ3n) is 5.91. The Hall–Kier alpha value is -2.12. The number of hydrogen-bond acceptors (Lipinski definition) is 6. The minimum Gasteiger partial charge on any atom is -0.497 e. The number of benzene rings is 2. The Morgan fingerprint density at radius 2 is 1.39 bits per heavy atom. The third kappa shape index (κ3) is 5.39. The molecule has 6 nitrogen and oxygen atoms in total. The van der Waals surface area contributed by atoms with Gasteiger partial charge in [0.05, 0.1) is 40.1 Å². The van der Waals surface area contributed by atoms with Gasteiger partial charge in [0.1, 0.15) is 28.8 Å². The zero-order valence-corrected chi connectivity index (χ0v) is 19.1. The molecule has 0 saturated carbocycles. The SMILES string of the molecule is CC[C@H]1O[C@](C)(COCc2ccc(OC)cc2)[C@@H](OCc2ccc(OC)cc2)[C@]1(C)O. The van der Waals surface area contributed by atoms with Gasteiger partial charge in [-0.05, 0) is 55.7 Å². The molecule has 2 aromatic carbocycles. The number of rotatable bonds is 10. The maximum absolute atomic E-state index is 11.2. The number of hydrogen-bond donors (Lipinski definition) is 1. The first-order valence-corrected chi connectivity index (χ1v) is 10.7. The first-order valence-electron chi connectivity index (χ1n) is 10.7. The second kappa shape index (κ2) is 10.0. The van der Waals surface area contributed by atoms with Crippen LogP contribution in [0.3, 0.4) is 0 Å². The maximum atomic E-state index is 11.2. The van der Waals surface area contributed by atoms with Crippen molar-refractivity contribution in [3.8, 4) is 11.5 Å². The lowest BCUT2D eigenvalue weighted by molar-refractivity contribution is -0.144. The second-order valence-corrected chi connectivity index (χ2v) is 8.43. The molecule has 0 aromatic heterocycles. The highest BCUT2D eigenvalue weighted by molar-refractivity contribution is 5.27. The number of methoxy groups -OCH3 is 2. The molecule has 1 saturated heterocycles. The Morgan fingerprint density at radius 1 is 0.871 bits per heavy atom. The normalized spacial score (nSPS) is 27.9. The van der Waals surface area contributed by atoms with E-state index in [0.29, 0.717) is 26.2 Å². The molecule has 0 unspecified atom stereocenters. The Bertz CT molecular complexity index is 817. The molecule has 1 N–H and O–H groups in total. The second-order valence-electron chi connectivity index (χ2n) is 8.43. The summed E-state index contributed by atoms with van der Waals surface area (Å²) in [4.78, 5) is 0. The molecular formula is C25H34O6. The van der Waals surface area contributed by atoms with Crippen LogP contribution in [0.1, 0.15) is 38.3 Å². The van der Waals surface area contributed by atoms with Gasteiger partial charge in [-0.2, -0.15) is 0 Å². The molecule has 31 heavy (non-hydrogen) atoms. The van der Waals surface area contributed by atoms with Crippen molar-refractivity contribution in [2.45, 2.75) is 63.8 Å². The summed E-state index contributed by atoms with van der Waals surface area (Å²) in [5.41, 5.74) is 0.137. The summed E-state index contributed by atoms with van der Waals surface area (Å²) in [6.45, 7) is 6.84. The van der Waals surface area contributed by atoms with Gasteiger partial charge in [-0.3, -0.25) is 0 Å². The summed E-state index contributed by atoms with van der Waals surface area (Å²) in [6, 6.07) is 15.5. The van der Waals surface area contributed by atoms with Crippen molar-refractivity contribution < 1.29 is 28.8 Å². The molecule has 0 aliphatic carbocycles. The molecular weight excluding hydrogens is 396 g/mol. The van der Waals surface area contributed by atoms with Gasteiger partial charge in [0, 0.05) is 0 Å². The summed E-state index contributed by atoms with van der Waals surface area (Å²) >= 11 is 0. The fraction of sp³-hybridized carbons (Fsp3) is 0.520. The standard InChI is InChI=1S/C25H34O6/c1-6-22-25(3,26)23(30-16-19-9-13-21(28-5)14-10-19)24(2,31-22)17-29-15-18-7-11-20(27-4)12-8-18/h7-14,22-23,26H,6,15-17H2,1-5H3/t22-,23-,24-,25-/m1/s1. The van der Waals surface area contributed by atoms with Gasteiger partial charge in [0.25, 0.3) is 0 Å². The smallest absolute Gasteiger partial charge is 0.120 e. The van der Waals surface area contributed by atoms with Crippen LogP contribution in [-0.4, -0.2) is 49.3 Å². The Labute approximate surface area is 185 Å². The van der Waals surface area contributed by atoms with Gasteiger partial charge in [-0.1, -0.05) is 31.2 Å². The van der Waals surface area contributed by atoms with E-state index in [4.69, 9.17) is 23.7 Å². The van der Waals surface area contributed by atoms with Crippen molar-refractivity contribution >= 4 is 0 Å². The van der Waals surface area contributed by atoms with Crippen molar-refractivity contribution in [3.63, 3.8) is 0 Å². The average Bonchev–Trinajstić information content (AvgIpc) is 2.97. The molecule has 0 spiro atoms. The van der Waals surface area contributed by atoms with E-state index < -0.39 is 17.3 Å². The van der Waals surface area contributed by atoms with Crippen LogP contribution in [0.4, 0.5) is 0 Å². The highest BCUT2D eigenvalue weighted by Gasteiger charge is 2.59. The van der Waals surface area contributed by atoms with Crippen molar-refractivity contribution in [2.75, 3.05) is 20.8 Å². The van der Waals surface area contributed by atoms with E-state index in [1.54, 1.807) is 21.1 Å². The van der Waals surface area contributed by atoms with E-state index >= 15 is 0 Å². The molecule has 1 fully saturated rings. The minimum atomic E-state index is -1.13. The van der Waals surface area contributed by atoms with Crippen LogP contribution in [-0.2, 0) is 27.4 Å². The predicted octanol–water partition coefficient (Wildman–Crippen LogP) is 4.12. The molecule has 4 atom stereocenters. The Kier molecular flexibility index (Phi) is 7.59. The van der Waals surface area contributed by atoms with Gasteiger partial charge in [-0.15, -0.1) is 0 Å². The molecule has 1 aliphatic heterocycles. The fourth-order valence-corrected chi connectivity index (χ4v) is 4.24. The summed E-state index contributed by atoms with van der Waals surface area (Å²) < 4.78 is 28.9. The number of ether oxygens (including phenoxy) is 5. The Balaban J connectivity index is 1.66. The first-order chi connectivity index (χ1) is 14.8. The van der Waals surface area contributed by atoms with Crippen LogP contribution in [0.5, 0.6) is 11.5 Å². The maximum Gasteiger partial charge on any atom is 0.120 e. The molecule has 3 rings (SSSR count). The zero-order chi connectivity index (χ0) is 22.5. The van der Waals surface area contributed by atoms with Crippen molar-refractivity contribution in [3.05, 3.63) is 59.7 Å². The van der Waals surface area contributed by atoms with Gasteiger partial charge in [-0.25, -0.2) is 0 Å². The lowest BCUT2D eigenvalue weighted by Gasteiger charge is -2.34. The van der Waals surface area contributed by atoms with E-state index in [9.17, 15) is 5.11 Å². The topological polar surface area (TPSA) is 66.4 Å². The summed E-state index contributed by atoms with van der Waals surface area (Å²) in [7, 11) is 3.28. The van der Waals surface area contributed by atoms with Crippen LogP contribution < -0.4 is 9.47 Å². The third-order valence-corrected chi connectivity index (χ3v) is 5.91. The van der Waals surface area contributed by atoms with E-state index in [0.717, 1.165) is 22.6 Å². The van der Waals surface area contributed by atoms with Gasteiger partial charge in [0.15, 0.2) is 0 Å². The van der Waals surface area contributed by atoms with Crippen LogP contribution >= 0.6 is 0 Å². The lowest BCUT2D eigenvalue weighted by atomic mass is 9.86. The van der Waals surface area contributed by atoms with Crippen molar-refractivity contribution in [1.82, 2.24) is 0 Å². The van der Waals surface area contributed by atoms with E-state index in [-0.39, 0.29) is 6.10 Å². The summed E-state index contributed by atoms with van der Waals surface area (Å²) in [6.07, 6.45) is -0.186. The molecule has 0 radical (unpaired) electrons. The largest absolute Gasteiger partial charge is 0.497 e. The van der Waals surface area contributed by atoms with Crippen LogP contribution in [0.2, 0.25) is 0 Å². The first kappa shape index (κ1) is 23.5. The summed E-state index contributed by atoms with van der Waals surface area (Å²) in [5.74, 6) is 1.60.